The van der Waals surface area contributed by atoms with E-state index in [0.717, 1.165) is 18.2 Å². The first-order valence-corrected chi connectivity index (χ1v) is 9.82. The average molecular weight is 468 g/mol. The van der Waals surface area contributed by atoms with Crippen molar-refractivity contribution in [1.82, 2.24) is 0 Å². The van der Waals surface area contributed by atoms with Crippen molar-refractivity contribution in [3.63, 3.8) is 0 Å². The third kappa shape index (κ3) is 6.66. The van der Waals surface area contributed by atoms with Crippen molar-refractivity contribution in [3.8, 4) is 17.6 Å². The van der Waals surface area contributed by atoms with E-state index < -0.39 is 35.1 Å². The van der Waals surface area contributed by atoms with Crippen molar-refractivity contribution in [2.75, 3.05) is 5.32 Å². The summed E-state index contributed by atoms with van der Waals surface area (Å²) in [6, 6.07) is 9.13. The van der Waals surface area contributed by atoms with E-state index in [0.29, 0.717) is 11.3 Å². The fourth-order valence-electron chi connectivity index (χ4n) is 2.76. The third-order valence-electron chi connectivity index (χ3n) is 4.44. The van der Waals surface area contributed by atoms with Crippen LogP contribution in [0.3, 0.4) is 0 Å². The summed E-state index contributed by atoms with van der Waals surface area (Å²) in [6.45, 7) is 4.52. The number of carbonyl (C=O) groups excluding carboxylic acids is 1. The second-order valence-electron chi connectivity index (χ2n) is 7.38. The van der Waals surface area contributed by atoms with Crippen LogP contribution in [-0.4, -0.2) is 22.6 Å². The van der Waals surface area contributed by atoms with Crippen molar-refractivity contribution in [2.45, 2.75) is 44.9 Å². The molecule has 0 spiro atoms. The Balaban J connectivity index is 2.12. The van der Waals surface area contributed by atoms with Gasteiger partial charge in [0.25, 0.3) is 5.91 Å². The number of alkyl halides is 3. The quantitative estimate of drug-likeness (QED) is 0.509. The van der Waals surface area contributed by atoms with Gasteiger partial charge in [-0.25, -0.2) is 0 Å². The minimum absolute atomic E-state index is 0.0650. The number of ether oxygens (including phenoxy) is 1. The van der Waals surface area contributed by atoms with Crippen LogP contribution in [0, 0.1) is 11.8 Å². The number of carboxylic acids is 1. The number of aliphatic carboxylic acids is 1. The number of rotatable bonds is 7. The summed E-state index contributed by atoms with van der Waals surface area (Å²) in [5.41, 5.74) is -1.27. The van der Waals surface area contributed by atoms with E-state index in [2.05, 4.69) is 17.2 Å². The summed E-state index contributed by atoms with van der Waals surface area (Å²) < 4.78 is 44.0. The molecule has 2 N–H and O–H groups in total. The molecule has 0 saturated heterocycles. The van der Waals surface area contributed by atoms with Crippen molar-refractivity contribution in [2.24, 2.45) is 0 Å². The topological polar surface area (TPSA) is 75.6 Å². The van der Waals surface area contributed by atoms with Crippen LogP contribution in [0.25, 0.3) is 0 Å². The summed E-state index contributed by atoms with van der Waals surface area (Å²) in [5.74, 6) is 3.46. The maximum atomic E-state index is 12.8. The van der Waals surface area contributed by atoms with Gasteiger partial charge in [-0.3, -0.25) is 9.59 Å². The molecular formula is C23H21ClF3NO4. The number of carboxylic acid groups (broad SMARTS) is 1. The molecule has 0 aromatic heterocycles. The zero-order valence-electron chi connectivity index (χ0n) is 17.5. The minimum atomic E-state index is -4.55. The molecule has 9 heteroatoms. The highest BCUT2D eigenvalue weighted by Crippen LogP contribution is 2.36. The SMILES string of the molecule is CC#CC(CC(=O)O)c1ccc(NC(=O)C(C)(C)Oc2ccc(C(F)(F)F)cc2Cl)cc1. The van der Waals surface area contributed by atoms with Gasteiger partial charge in [-0.15, -0.1) is 5.92 Å². The van der Waals surface area contributed by atoms with Gasteiger partial charge in [0, 0.05) is 5.69 Å². The predicted molar refractivity (Wildman–Crippen MR) is 115 cm³/mol. The normalized spacial score (nSPS) is 12.3. The zero-order chi connectivity index (χ0) is 24.1. The minimum Gasteiger partial charge on any atom is -0.481 e. The second kappa shape index (κ2) is 9.96. The molecule has 170 valence electrons. The Kier molecular flexibility index (Phi) is 7.81. The fourth-order valence-corrected chi connectivity index (χ4v) is 2.98. The third-order valence-corrected chi connectivity index (χ3v) is 4.73. The summed E-state index contributed by atoms with van der Waals surface area (Å²) in [6.07, 6.45) is -4.70. The second-order valence-corrected chi connectivity index (χ2v) is 7.78. The number of hydrogen-bond acceptors (Lipinski definition) is 3. The Morgan fingerprint density at radius 1 is 1.16 bits per heavy atom. The molecule has 0 fully saturated rings. The van der Waals surface area contributed by atoms with E-state index in [1.807, 2.05) is 0 Å². The summed E-state index contributed by atoms with van der Waals surface area (Å²) >= 11 is 5.91. The number of hydrogen-bond donors (Lipinski definition) is 2. The van der Waals surface area contributed by atoms with Crippen LogP contribution in [0.1, 0.15) is 44.2 Å². The first-order chi connectivity index (χ1) is 14.8. The van der Waals surface area contributed by atoms with E-state index in [1.165, 1.54) is 13.8 Å². The lowest BCUT2D eigenvalue weighted by Crippen LogP contribution is -2.42. The van der Waals surface area contributed by atoms with Crippen LogP contribution >= 0.6 is 11.6 Å². The fraction of sp³-hybridized carbons (Fsp3) is 0.304. The molecule has 1 unspecified atom stereocenters. The number of anilines is 1. The van der Waals surface area contributed by atoms with E-state index >= 15 is 0 Å². The lowest BCUT2D eigenvalue weighted by Gasteiger charge is -2.26. The van der Waals surface area contributed by atoms with Crippen molar-refractivity contribution < 1.29 is 32.6 Å². The average Bonchev–Trinajstić information content (AvgIpc) is 2.68. The zero-order valence-corrected chi connectivity index (χ0v) is 18.3. The number of halogens is 4. The van der Waals surface area contributed by atoms with Gasteiger partial charge in [-0.05, 0) is 56.7 Å². The van der Waals surface area contributed by atoms with Gasteiger partial charge >= 0.3 is 12.1 Å². The standard InChI is InChI=1S/C23H21ClF3NO4/c1-4-5-15(12-20(29)30)14-6-9-17(10-7-14)28-21(31)22(2,3)32-19-11-8-16(13-18(19)24)23(25,26)27/h6-11,13,15H,12H2,1-3H3,(H,28,31)(H,29,30). The highest BCUT2D eigenvalue weighted by atomic mass is 35.5. The van der Waals surface area contributed by atoms with Gasteiger partial charge in [-0.2, -0.15) is 13.2 Å². The molecule has 32 heavy (non-hydrogen) atoms. The lowest BCUT2D eigenvalue weighted by molar-refractivity contribution is -0.138. The number of amides is 1. The van der Waals surface area contributed by atoms with Crippen molar-refractivity contribution in [1.29, 1.82) is 0 Å². The van der Waals surface area contributed by atoms with Gasteiger partial charge in [-0.1, -0.05) is 29.7 Å². The van der Waals surface area contributed by atoms with E-state index in [9.17, 15) is 22.8 Å². The Morgan fingerprint density at radius 2 is 1.78 bits per heavy atom. The molecule has 2 aromatic carbocycles. The van der Waals surface area contributed by atoms with Crippen molar-refractivity contribution in [3.05, 3.63) is 58.6 Å². The first-order valence-electron chi connectivity index (χ1n) is 9.44. The Bertz CT molecular complexity index is 1050. The van der Waals surface area contributed by atoms with Crippen LogP contribution in [-0.2, 0) is 15.8 Å². The largest absolute Gasteiger partial charge is 0.481 e. The van der Waals surface area contributed by atoms with Crippen LogP contribution < -0.4 is 10.1 Å². The summed E-state index contributed by atoms with van der Waals surface area (Å²) in [4.78, 5) is 23.7. The maximum absolute atomic E-state index is 12.8. The van der Waals surface area contributed by atoms with Gasteiger partial charge in [0.15, 0.2) is 5.60 Å². The number of nitrogens with one attached hydrogen (secondary N) is 1. The van der Waals surface area contributed by atoms with Gasteiger partial charge < -0.3 is 15.2 Å². The Hall–Kier alpha value is -3.18. The molecule has 5 nitrogen and oxygen atoms in total. The summed E-state index contributed by atoms with van der Waals surface area (Å²) in [7, 11) is 0. The molecule has 0 bridgehead atoms. The van der Waals surface area contributed by atoms with E-state index in [-0.39, 0.29) is 17.2 Å². The molecular weight excluding hydrogens is 447 g/mol. The molecule has 0 aliphatic rings. The highest BCUT2D eigenvalue weighted by molar-refractivity contribution is 6.32. The number of carbonyl (C=O) groups is 2. The van der Waals surface area contributed by atoms with Crippen LogP contribution in [0.5, 0.6) is 5.75 Å². The molecule has 0 aliphatic carbocycles. The van der Waals surface area contributed by atoms with Gasteiger partial charge in [0.2, 0.25) is 0 Å². The van der Waals surface area contributed by atoms with Gasteiger partial charge in [0.05, 0.1) is 22.9 Å². The molecule has 1 amide bonds. The number of benzene rings is 2. The highest BCUT2D eigenvalue weighted by Gasteiger charge is 2.33. The first kappa shape index (κ1) is 25.1. The Labute approximate surface area is 188 Å². The van der Waals surface area contributed by atoms with E-state index in [1.54, 1.807) is 31.2 Å². The summed E-state index contributed by atoms with van der Waals surface area (Å²) in [5, 5.41) is 11.4. The van der Waals surface area contributed by atoms with Crippen LogP contribution in [0.4, 0.5) is 18.9 Å². The monoisotopic (exact) mass is 467 g/mol. The van der Waals surface area contributed by atoms with Crippen molar-refractivity contribution >= 4 is 29.2 Å². The van der Waals surface area contributed by atoms with Crippen LogP contribution in [0.2, 0.25) is 5.02 Å². The maximum Gasteiger partial charge on any atom is 0.416 e. The predicted octanol–water partition coefficient (Wildman–Crippen LogP) is 5.74. The van der Waals surface area contributed by atoms with Gasteiger partial charge in [0.1, 0.15) is 5.75 Å². The molecule has 0 radical (unpaired) electrons. The van der Waals surface area contributed by atoms with Crippen LogP contribution in [0.15, 0.2) is 42.5 Å². The molecule has 0 saturated carbocycles. The molecule has 2 rings (SSSR count). The molecule has 1 atom stereocenters. The lowest BCUT2D eigenvalue weighted by atomic mass is 9.96. The Morgan fingerprint density at radius 3 is 2.28 bits per heavy atom. The molecule has 2 aromatic rings. The molecule has 0 heterocycles. The van der Waals surface area contributed by atoms with E-state index in [4.69, 9.17) is 21.4 Å². The smallest absolute Gasteiger partial charge is 0.416 e. The molecule has 0 aliphatic heterocycles.